The van der Waals surface area contributed by atoms with E-state index in [1.54, 1.807) is 31.2 Å². The Hall–Kier alpha value is -3.67. The molecule has 1 fully saturated rings. The fraction of sp³-hybridized carbons (Fsp3) is 0.231. The van der Waals surface area contributed by atoms with Crippen LogP contribution < -0.4 is 0 Å². The number of alkyl halides is 2. The molecule has 0 unspecified atom stereocenters. The van der Waals surface area contributed by atoms with Crippen LogP contribution in [-0.2, 0) is 28.5 Å². The van der Waals surface area contributed by atoms with Gasteiger partial charge in [-0.3, -0.25) is 0 Å². The maximum Gasteiger partial charge on any atom is 0.338 e. The predicted octanol–water partition coefficient (Wildman–Crippen LogP) is 4.14. The van der Waals surface area contributed by atoms with Crippen molar-refractivity contribution in [3.63, 3.8) is 0 Å². The number of aryl methyl sites for hydroxylation is 1. The summed E-state index contributed by atoms with van der Waals surface area (Å²) in [6, 6.07) is 20.5. The Bertz CT molecular complexity index is 1350. The first-order valence-electron chi connectivity index (χ1n) is 11.1. The third-order valence-electron chi connectivity index (χ3n) is 5.49. The van der Waals surface area contributed by atoms with Gasteiger partial charge in [0.05, 0.1) is 16.0 Å². The average molecular weight is 533 g/mol. The molecule has 11 heteroatoms. The molecule has 0 bridgehead atoms. The Morgan fingerprint density at radius 3 is 1.97 bits per heavy atom. The molecule has 3 aromatic carbocycles. The minimum absolute atomic E-state index is 0.0185. The van der Waals surface area contributed by atoms with Crippen molar-refractivity contribution in [1.82, 2.24) is 0 Å². The topological polar surface area (TPSA) is 105 Å². The number of carbonyl (C=O) groups excluding carboxylic acids is 2. The summed E-state index contributed by atoms with van der Waals surface area (Å²) in [5.41, 5.74) is 0.879. The van der Waals surface area contributed by atoms with Gasteiger partial charge in [0.1, 0.15) is 12.7 Å². The minimum atomic E-state index is -4.69. The van der Waals surface area contributed by atoms with Crippen LogP contribution in [-0.4, -0.2) is 51.4 Å². The van der Waals surface area contributed by atoms with Gasteiger partial charge in [0, 0.05) is 0 Å². The predicted molar refractivity (Wildman–Crippen MR) is 125 cm³/mol. The minimum Gasteiger partial charge on any atom is -0.459 e. The van der Waals surface area contributed by atoms with Gasteiger partial charge in [0.2, 0.25) is 12.4 Å². The van der Waals surface area contributed by atoms with Crippen LogP contribution in [0.2, 0.25) is 0 Å². The van der Waals surface area contributed by atoms with Crippen LogP contribution in [0.3, 0.4) is 0 Å². The molecular formula is C26H22F2O8S. The highest BCUT2D eigenvalue weighted by Gasteiger charge is 2.64. The van der Waals surface area contributed by atoms with Crippen molar-refractivity contribution < 1.29 is 45.2 Å². The van der Waals surface area contributed by atoms with Crippen LogP contribution in [0, 0.1) is 6.92 Å². The van der Waals surface area contributed by atoms with E-state index in [9.17, 15) is 18.0 Å². The molecular weight excluding hydrogens is 510 g/mol. The highest BCUT2D eigenvalue weighted by atomic mass is 32.2. The molecule has 0 N–H and O–H groups in total. The number of rotatable bonds is 8. The van der Waals surface area contributed by atoms with Crippen molar-refractivity contribution in [2.24, 2.45) is 0 Å². The maximum absolute atomic E-state index is 15.4. The summed E-state index contributed by atoms with van der Waals surface area (Å²) in [7, 11) is -4.69. The van der Waals surface area contributed by atoms with Gasteiger partial charge >= 0.3 is 17.9 Å². The summed E-state index contributed by atoms with van der Waals surface area (Å²) in [4.78, 5) is 24.5. The van der Waals surface area contributed by atoms with Gasteiger partial charge in [-0.15, -0.1) is 0 Å². The summed E-state index contributed by atoms with van der Waals surface area (Å²) in [6.07, 6.45) is -6.69. The third kappa shape index (κ3) is 6.01. The normalized spacial score (nSPS) is 20.8. The molecule has 0 saturated carbocycles. The van der Waals surface area contributed by atoms with E-state index < -0.39 is 53.1 Å². The van der Waals surface area contributed by atoms with E-state index in [2.05, 4.69) is 0 Å². The Morgan fingerprint density at radius 1 is 0.865 bits per heavy atom. The van der Waals surface area contributed by atoms with E-state index in [1.807, 2.05) is 0 Å². The fourth-order valence-electron chi connectivity index (χ4n) is 3.52. The number of ether oxygens (including phenoxy) is 3. The van der Waals surface area contributed by atoms with Crippen LogP contribution in [0.4, 0.5) is 8.78 Å². The van der Waals surface area contributed by atoms with E-state index in [1.165, 1.54) is 60.7 Å². The first-order chi connectivity index (χ1) is 17.6. The van der Waals surface area contributed by atoms with Crippen LogP contribution in [0.1, 0.15) is 26.3 Å². The zero-order valence-electron chi connectivity index (χ0n) is 19.5. The molecule has 8 nitrogen and oxygen atoms in total. The van der Waals surface area contributed by atoms with Crippen molar-refractivity contribution in [3.8, 4) is 0 Å². The van der Waals surface area contributed by atoms with Gasteiger partial charge in [0.15, 0.2) is 0 Å². The largest absolute Gasteiger partial charge is 0.459 e. The molecule has 0 aliphatic carbocycles. The van der Waals surface area contributed by atoms with Gasteiger partial charge in [-0.25, -0.2) is 13.8 Å². The zero-order chi connectivity index (χ0) is 26.6. The van der Waals surface area contributed by atoms with E-state index in [-0.39, 0.29) is 16.0 Å². The summed E-state index contributed by atoms with van der Waals surface area (Å²) >= 11 is 0. The highest BCUT2D eigenvalue weighted by molar-refractivity contribution is 7.86. The standard InChI is InChI=1S/C26H22F2O8S/c1-17-12-14-20(15-13-17)37(31,32)36-25-26(27,28)22(35-24(30)19-10-6-3-7-11-19)21(34-25)16-33-23(29)18-8-4-2-5-9-18/h2-15,21-22,25H,16H2,1H3/t21-,22-,25+/m1/s1. The zero-order valence-corrected chi connectivity index (χ0v) is 20.3. The smallest absolute Gasteiger partial charge is 0.338 e. The molecule has 4 rings (SSSR count). The lowest BCUT2D eigenvalue weighted by Gasteiger charge is -2.23. The molecule has 1 heterocycles. The lowest BCUT2D eigenvalue weighted by molar-refractivity contribution is -0.183. The summed E-state index contributed by atoms with van der Waals surface area (Å²) in [5, 5.41) is 0. The van der Waals surface area contributed by atoms with E-state index in [0.29, 0.717) is 0 Å². The molecule has 37 heavy (non-hydrogen) atoms. The Balaban J connectivity index is 1.57. The molecule has 194 valence electrons. The third-order valence-corrected chi connectivity index (χ3v) is 6.76. The number of halogens is 2. The second kappa shape index (κ2) is 10.8. The molecule has 0 spiro atoms. The van der Waals surface area contributed by atoms with Crippen LogP contribution >= 0.6 is 0 Å². The van der Waals surface area contributed by atoms with Gasteiger partial charge in [-0.1, -0.05) is 54.1 Å². The summed E-state index contributed by atoms with van der Waals surface area (Å²) < 4.78 is 76.3. The van der Waals surface area contributed by atoms with Gasteiger partial charge < -0.3 is 14.2 Å². The summed E-state index contributed by atoms with van der Waals surface area (Å²) in [5.74, 6) is -6.06. The molecule has 3 aromatic rings. The first-order valence-corrected chi connectivity index (χ1v) is 12.5. The molecule has 0 aromatic heterocycles. The van der Waals surface area contributed by atoms with Crippen LogP contribution in [0.5, 0.6) is 0 Å². The SMILES string of the molecule is Cc1ccc(S(=O)(=O)O[C@@H]2O[C@H](COC(=O)c3ccccc3)[C@@H](OC(=O)c3ccccc3)C2(F)F)cc1. The molecule has 0 radical (unpaired) electrons. The Kier molecular flexibility index (Phi) is 7.67. The second-order valence-corrected chi connectivity index (χ2v) is 9.77. The molecule has 1 aliphatic rings. The average Bonchev–Trinajstić information content (AvgIpc) is 3.12. The van der Waals surface area contributed by atoms with E-state index in [0.717, 1.165) is 5.56 Å². The number of hydrogen-bond donors (Lipinski definition) is 0. The van der Waals surface area contributed by atoms with Crippen LogP contribution in [0.15, 0.2) is 89.8 Å². The molecule has 1 saturated heterocycles. The summed E-state index contributed by atoms with van der Waals surface area (Å²) in [6.45, 7) is 0.957. The van der Waals surface area contributed by atoms with Crippen molar-refractivity contribution in [2.75, 3.05) is 6.61 Å². The van der Waals surface area contributed by atoms with Crippen molar-refractivity contribution >= 4 is 22.1 Å². The van der Waals surface area contributed by atoms with Crippen LogP contribution in [0.25, 0.3) is 0 Å². The van der Waals surface area contributed by atoms with Crippen molar-refractivity contribution in [1.29, 1.82) is 0 Å². The second-order valence-electron chi connectivity index (χ2n) is 8.20. The number of esters is 2. The van der Waals surface area contributed by atoms with Crippen molar-refractivity contribution in [2.45, 2.75) is 36.2 Å². The molecule has 0 amide bonds. The number of carbonyl (C=O) groups is 2. The lowest BCUT2D eigenvalue weighted by atomic mass is 10.1. The fourth-order valence-corrected chi connectivity index (χ4v) is 4.50. The molecule has 1 aliphatic heterocycles. The highest BCUT2D eigenvalue weighted by Crippen LogP contribution is 2.41. The number of hydrogen-bond acceptors (Lipinski definition) is 8. The number of benzene rings is 3. The van der Waals surface area contributed by atoms with Crippen molar-refractivity contribution in [3.05, 3.63) is 102 Å². The maximum atomic E-state index is 15.4. The lowest BCUT2D eigenvalue weighted by Crippen LogP contribution is -2.45. The van der Waals surface area contributed by atoms with E-state index in [4.69, 9.17) is 18.4 Å². The van der Waals surface area contributed by atoms with Gasteiger partial charge in [-0.05, 0) is 43.3 Å². The first kappa shape index (κ1) is 26.4. The van der Waals surface area contributed by atoms with Gasteiger partial charge in [0.25, 0.3) is 10.1 Å². The Labute approximate surface area is 211 Å². The van der Waals surface area contributed by atoms with Gasteiger partial charge in [-0.2, -0.15) is 17.2 Å². The molecule has 3 atom stereocenters. The van der Waals surface area contributed by atoms with E-state index >= 15 is 8.78 Å². The Morgan fingerprint density at radius 2 is 1.41 bits per heavy atom. The monoisotopic (exact) mass is 532 g/mol. The quantitative estimate of drug-likeness (QED) is 0.315.